The lowest BCUT2D eigenvalue weighted by Crippen LogP contribution is -2.38. The Kier molecular flexibility index (Phi) is 6.22. The number of benzene rings is 1. The molecule has 1 atom stereocenters. The molecule has 1 aromatic heterocycles. The number of nitrogens with one attached hydrogen (secondary N) is 1. The summed E-state index contributed by atoms with van der Waals surface area (Å²) >= 11 is 0. The first kappa shape index (κ1) is 19.3. The van der Waals surface area contributed by atoms with Gasteiger partial charge in [-0.1, -0.05) is 12.1 Å². The van der Waals surface area contributed by atoms with Crippen molar-refractivity contribution in [2.24, 2.45) is 0 Å². The van der Waals surface area contributed by atoms with Crippen LogP contribution in [0.15, 0.2) is 28.7 Å². The summed E-state index contributed by atoms with van der Waals surface area (Å²) in [6.07, 6.45) is -1.19. The van der Waals surface area contributed by atoms with Crippen LogP contribution in [0.4, 0.5) is 13.2 Å². The van der Waals surface area contributed by atoms with E-state index >= 15 is 0 Å². The third kappa shape index (κ3) is 5.51. The third-order valence-corrected chi connectivity index (χ3v) is 3.32. The molecule has 2 rings (SSSR count). The molecule has 9 heteroatoms. The van der Waals surface area contributed by atoms with E-state index in [1.807, 2.05) is 0 Å². The first-order chi connectivity index (χ1) is 12.3. The maximum absolute atomic E-state index is 12.5. The van der Waals surface area contributed by atoms with Gasteiger partial charge in [-0.3, -0.25) is 4.79 Å². The molecule has 1 heterocycles. The molecule has 0 aliphatic rings. The number of aromatic nitrogens is 2. The Hall–Kier alpha value is -3.02. The molecule has 0 saturated carbocycles. The average molecular weight is 367 g/mol. The molecule has 0 aliphatic heterocycles. The van der Waals surface area contributed by atoms with E-state index in [-0.39, 0.29) is 24.6 Å². The Labute approximate surface area is 147 Å². The molecule has 1 N–H and O–H groups in total. The SMILES string of the molecule is C#CC[C@H](CC(F)(F)F)NC(=O)Cc1nnc(-c2ccccc2OC)o1. The fourth-order valence-corrected chi connectivity index (χ4v) is 2.27. The Morgan fingerprint density at radius 2 is 2.12 bits per heavy atom. The molecule has 0 aliphatic carbocycles. The van der Waals surface area contributed by atoms with Gasteiger partial charge in [0.1, 0.15) is 12.2 Å². The first-order valence-electron chi connectivity index (χ1n) is 7.57. The number of carbonyl (C=O) groups is 1. The van der Waals surface area contributed by atoms with E-state index in [1.54, 1.807) is 24.3 Å². The van der Waals surface area contributed by atoms with Gasteiger partial charge in [-0.2, -0.15) is 13.2 Å². The molecule has 0 bridgehead atoms. The molecular formula is C17H16F3N3O3. The molecule has 2 aromatic rings. The van der Waals surface area contributed by atoms with Crippen molar-refractivity contribution in [1.82, 2.24) is 15.5 Å². The van der Waals surface area contributed by atoms with E-state index in [0.29, 0.717) is 11.3 Å². The number of halogens is 3. The van der Waals surface area contributed by atoms with Crippen molar-refractivity contribution in [2.45, 2.75) is 31.5 Å². The topological polar surface area (TPSA) is 77.2 Å². The van der Waals surface area contributed by atoms with Crippen molar-refractivity contribution < 1.29 is 27.1 Å². The summed E-state index contributed by atoms with van der Waals surface area (Å²) in [5, 5.41) is 9.81. The Bertz CT molecular complexity index is 796. The lowest BCUT2D eigenvalue weighted by molar-refractivity contribution is -0.142. The van der Waals surface area contributed by atoms with E-state index in [4.69, 9.17) is 15.6 Å². The van der Waals surface area contributed by atoms with Gasteiger partial charge in [-0.15, -0.1) is 22.5 Å². The minimum Gasteiger partial charge on any atom is -0.496 e. The van der Waals surface area contributed by atoms with E-state index in [0.717, 1.165) is 0 Å². The molecule has 0 saturated heterocycles. The molecule has 138 valence electrons. The second-order valence-electron chi connectivity index (χ2n) is 5.37. The summed E-state index contributed by atoms with van der Waals surface area (Å²) in [4.78, 5) is 12.0. The highest BCUT2D eigenvalue weighted by molar-refractivity contribution is 5.78. The summed E-state index contributed by atoms with van der Waals surface area (Å²) in [5.74, 6) is 2.04. The van der Waals surface area contributed by atoms with Gasteiger partial charge >= 0.3 is 6.18 Å². The second-order valence-corrected chi connectivity index (χ2v) is 5.37. The minimum atomic E-state index is -4.43. The van der Waals surface area contributed by atoms with Crippen LogP contribution in [0.3, 0.4) is 0 Å². The van der Waals surface area contributed by atoms with Crippen molar-refractivity contribution >= 4 is 5.91 Å². The quantitative estimate of drug-likeness (QED) is 0.762. The van der Waals surface area contributed by atoms with Crippen molar-refractivity contribution in [3.63, 3.8) is 0 Å². The van der Waals surface area contributed by atoms with Crippen LogP contribution in [0, 0.1) is 12.3 Å². The van der Waals surface area contributed by atoms with Crippen LogP contribution in [-0.2, 0) is 11.2 Å². The minimum absolute atomic E-state index is 0.0325. The van der Waals surface area contributed by atoms with Crippen LogP contribution in [-0.4, -0.2) is 35.4 Å². The molecule has 1 amide bonds. The van der Waals surface area contributed by atoms with Crippen molar-refractivity contribution in [2.75, 3.05) is 7.11 Å². The van der Waals surface area contributed by atoms with Crippen LogP contribution < -0.4 is 10.1 Å². The monoisotopic (exact) mass is 367 g/mol. The highest BCUT2D eigenvalue weighted by Gasteiger charge is 2.32. The van der Waals surface area contributed by atoms with Crippen molar-refractivity contribution in [3.8, 4) is 29.5 Å². The van der Waals surface area contributed by atoms with Gasteiger partial charge in [0.2, 0.25) is 11.8 Å². The van der Waals surface area contributed by atoms with Gasteiger partial charge in [-0.25, -0.2) is 0 Å². The summed E-state index contributed by atoms with van der Waals surface area (Å²) in [6.45, 7) is 0. The predicted octanol–water partition coefficient (Wildman–Crippen LogP) is 2.75. The van der Waals surface area contributed by atoms with Crippen LogP contribution in [0.5, 0.6) is 5.75 Å². The number of carbonyl (C=O) groups excluding carboxylic acids is 1. The number of terminal acetylenes is 1. The number of hydrogen-bond donors (Lipinski definition) is 1. The highest BCUT2D eigenvalue weighted by Crippen LogP contribution is 2.28. The van der Waals surface area contributed by atoms with Gasteiger partial charge in [0.25, 0.3) is 5.89 Å². The van der Waals surface area contributed by atoms with Crippen LogP contribution in [0.1, 0.15) is 18.7 Å². The molecule has 0 radical (unpaired) electrons. The number of para-hydroxylation sites is 1. The zero-order valence-electron chi connectivity index (χ0n) is 13.8. The molecule has 1 aromatic carbocycles. The molecule has 0 fully saturated rings. The number of methoxy groups -OCH3 is 1. The number of hydrogen-bond acceptors (Lipinski definition) is 5. The fourth-order valence-electron chi connectivity index (χ4n) is 2.27. The number of alkyl halides is 3. The van der Waals surface area contributed by atoms with Gasteiger partial charge in [0.15, 0.2) is 0 Å². The lowest BCUT2D eigenvalue weighted by Gasteiger charge is -2.17. The van der Waals surface area contributed by atoms with Crippen LogP contribution >= 0.6 is 0 Å². The van der Waals surface area contributed by atoms with Crippen LogP contribution in [0.25, 0.3) is 11.5 Å². The maximum atomic E-state index is 12.5. The smallest absolute Gasteiger partial charge is 0.391 e. The molecule has 6 nitrogen and oxygen atoms in total. The van der Waals surface area contributed by atoms with Gasteiger partial charge in [0, 0.05) is 12.5 Å². The normalized spacial score (nSPS) is 12.3. The highest BCUT2D eigenvalue weighted by atomic mass is 19.4. The molecule has 0 unspecified atom stereocenters. The average Bonchev–Trinajstić information content (AvgIpc) is 3.01. The predicted molar refractivity (Wildman–Crippen MR) is 86.0 cm³/mol. The van der Waals surface area contributed by atoms with Gasteiger partial charge in [0.05, 0.1) is 19.1 Å². The zero-order chi connectivity index (χ0) is 19.2. The number of nitrogens with zero attached hydrogens (tertiary/aromatic N) is 2. The van der Waals surface area contributed by atoms with Crippen molar-refractivity contribution in [1.29, 1.82) is 0 Å². The summed E-state index contributed by atoms with van der Waals surface area (Å²) in [5.41, 5.74) is 0.538. The maximum Gasteiger partial charge on any atom is 0.391 e. The van der Waals surface area contributed by atoms with Gasteiger partial charge < -0.3 is 14.5 Å². The summed E-state index contributed by atoms with van der Waals surface area (Å²) in [6, 6.07) is 5.70. The first-order valence-corrected chi connectivity index (χ1v) is 7.57. The number of amides is 1. The fraction of sp³-hybridized carbons (Fsp3) is 0.353. The Balaban J connectivity index is 2.04. The molecule has 0 spiro atoms. The summed E-state index contributed by atoms with van der Waals surface area (Å²) < 4.78 is 48.1. The molecular weight excluding hydrogens is 351 g/mol. The summed E-state index contributed by atoms with van der Waals surface area (Å²) in [7, 11) is 1.48. The second kappa shape index (κ2) is 8.38. The number of rotatable bonds is 7. The third-order valence-electron chi connectivity index (χ3n) is 3.32. The zero-order valence-corrected chi connectivity index (χ0v) is 13.8. The number of ether oxygens (including phenoxy) is 1. The van der Waals surface area contributed by atoms with E-state index < -0.39 is 24.5 Å². The lowest BCUT2D eigenvalue weighted by atomic mass is 10.1. The van der Waals surface area contributed by atoms with Gasteiger partial charge in [-0.05, 0) is 12.1 Å². The van der Waals surface area contributed by atoms with Crippen LogP contribution in [0.2, 0.25) is 0 Å². The standard InChI is InChI=1S/C17H16F3N3O3/c1-3-6-11(10-17(18,19)20)21-14(24)9-15-22-23-16(26-15)12-7-4-5-8-13(12)25-2/h1,4-5,7-8,11H,6,9-10H2,2H3,(H,21,24)/t11-/m1/s1. The van der Waals surface area contributed by atoms with E-state index in [2.05, 4.69) is 21.4 Å². The van der Waals surface area contributed by atoms with E-state index in [1.165, 1.54) is 7.11 Å². The largest absolute Gasteiger partial charge is 0.496 e. The van der Waals surface area contributed by atoms with E-state index in [9.17, 15) is 18.0 Å². The van der Waals surface area contributed by atoms with Crippen molar-refractivity contribution in [3.05, 3.63) is 30.2 Å². The molecule has 26 heavy (non-hydrogen) atoms. The Morgan fingerprint density at radius 3 is 2.77 bits per heavy atom. The Morgan fingerprint density at radius 1 is 1.38 bits per heavy atom.